The summed E-state index contributed by atoms with van der Waals surface area (Å²) >= 11 is 0. The molecule has 18 heavy (non-hydrogen) atoms. The second-order valence-electron chi connectivity index (χ2n) is 4.34. The Bertz CT molecular complexity index is 469. The van der Waals surface area contributed by atoms with Gasteiger partial charge in [-0.15, -0.1) is 0 Å². The van der Waals surface area contributed by atoms with Crippen molar-refractivity contribution in [2.24, 2.45) is 0 Å². The lowest BCUT2D eigenvalue weighted by molar-refractivity contribution is -0.0143. The zero-order valence-corrected chi connectivity index (χ0v) is 10.5. The second kappa shape index (κ2) is 4.66. The van der Waals surface area contributed by atoms with E-state index in [0.717, 1.165) is 0 Å². The Balaban J connectivity index is 2.41. The largest absolute Gasteiger partial charge is 0.461 e. The summed E-state index contributed by atoms with van der Waals surface area (Å²) in [6, 6.07) is 0. The van der Waals surface area contributed by atoms with Crippen LogP contribution in [0.1, 0.15) is 42.0 Å². The smallest absolute Gasteiger partial charge is 0.359 e. The van der Waals surface area contributed by atoms with E-state index in [-0.39, 0.29) is 31.6 Å². The number of hydrogen-bond donors (Lipinski definition) is 0. The standard InChI is InChI=1S/C12H16F2N2O2/c1-3-16-9-7-12(13,14)6-5-8(9)10(15-16)11(17)18-4-2/h3-7H2,1-2H3. The van der Waals surface area contributed by atoms with Gasteiger partial charge in [0.25, 0.3) is 5.92 Å². The van der Waals surface area contributed by atoms with Crippen molar-refractivity contribution in [1.29, 1.82) is 0 Å². The number of alkyl halides is 2. The van der Waals surface area contributed by atoms with Crippen LogP contribution in [-0.4, -0.2) is 28.3 Å². The van der Waals surface area contributed by atoms with Gasteiger partial charge in [0, 0.05) is 24.2 Å². The molecule has 0 aliphatic heterocycles. The molecular weight excluding hydrogens is 242 g/mol. The topological polar surface area (TPSA) is 44.1 Å². The summed E-state index contributed by atoms with van der Waals surface area (Å²) in [6.07, 6.45) is -0.402. The Morgan fingerprint density at radius 2 is 2.22 bits per heavy atom. The van der Waals surface area contributed by atoms with Crippen molar-refractivity contribution in [1.82, 2.24) is 9.78 Å². The Hall–Kier alpha value is -1.46. The van der Waals surface area contributed by atoms with E-state index in [1.165, 1.54) is 4.68 Å². The Labute approximate surface area is 104 Å². The summed E-state index contributed by atoms with van der Waals surface area (Å²) in [4.78, 5) is 11.7. The minimum absolute atomic E-state index is 0.177. The highest BCUT2D eigenvalue weighted by atomic mass is 19.3. The molecular formula is C12H16F2N2O2. The van der Waals surface area contributed by atoms with E-state index in [9.17, 15) is 13.6 Å². The number of nitrogens with zero attached hydrogens (tertiary/aromatic N) is 2. The van der Waals surface area contributed by atoms with Gasteiger partial charge in [-0.2, -0.15) is 5.10 Å². The van der Waals surface area contributed by atoms with Crippen LogP contribution in [0.5, 0.6) is 0 Å². The van der Waals surface area contributed by atoms with Gasteiger partial charge in [-0.1, -0.05) is 0 Å². The van der Waals surface area contributed by atoms with E-state index in [1.807, 2.05) is 6.92 Å². The number of aryl methyl sites for hydroxylation is 1. The Kier molecular flexibility index (Phi) is 3.36. The number of carbonyl (C=O) groups excluding carboxylic acids is 1. The van der Waals surface area contributed by atoms with Crippen LogP contribution >= 0.6 is 0 Å². The molecule has 0 saturated carbocycles. The third-order valence-corrected chi connectivity index (χ3v) is 3.10. The molecule has 0 saturated heterocycles. The predicted molar refractivity (Wildman–Crippen MR) is 60.8 cm³/mol. The minimum Gasteiger partial charge on any atom is -0.461 e. The van der Waals surface area contributed by atoms with E-state index < -0.39 is 11.9 Å². The van der Waals surface area contributed by atoms with Crippen molar-refractivity contribution in [2.45, 2.75) is 45.6 Å². The fourth-order valence-electron chi connectivity index (χ4n) is 2.26. The summed E-state index contributed by atoms with van der Waals surface area (Å²) in [7, 11) is 0. The van der Waals surface area contributed by atoms with Gasteiger partial charge in [-0.25, -0.2) is 13.6 Å². The molecule has 0 aromatic carbocycles. The van der Waals surface area contributed by atoms with Crippen LogP contribution in [0.15, 0.2) is 0 Å². The molecule has 100 valence electrons. The van der Waals surface area contributed by atoms with Gasteiger partial charge < -0.3 is 4.74 Å². The fourth-order valence-corrected chi connectivity index (χ4v) is 2.26. The molecule has 0 amide bonds. The normalized spacial score (nSPS) is 17.3. The molecule has 4 nitrogen and oxygen atoms in total. The molecule has 0 bridgehead atoms. The molecule has 0 fully saturated rings. The van der Waals surface area contributed by atoms with Crippen molar-refractivity contribution in [3.8, 4) is 0 Å². The van der Waals surface area contributed by atoms with Crippen LogP contribution in [-0.2, 0) is 24.1 Å². The van der Waals surface area contributed by atoms with Gasteiger partial charge in [0.1, 0.15) is 0 Å². The summed E-state index contributed by atoms with van der Waals surface area (Å²) in [5, 5.41) is 4.10. The quantitative estimate of drug-likeness (QED) is 0.781. The molecule has 0 unspecified atom stereocenters. The van der Waals surface area contributed by atoms with Gasteiger partial charge in [0.2, 0.25) is 0 Å². The van der Waals surface area contributed by atoms with Gasteiger partial charge >= 0.3 is 5.97 Å². The average Bonchev–Trinajstić information content (AvgIpc) is 2.65. The van der Waals surface area contributed by atoms with Crippen molar-refractivity contribution >= 4 is 5.97 Å². The fraction of sp³-hybridized carbons (Fsp3) is 0.667. The molecule has 2 rings (SSSR count). The first kappa shape index (κ1) is 13.0. The molecule has 1 aliphatic rings. The summed E-state index contributed by atoms with van der Waals surface area (Å²) in [5.41, 5.74) is 1.29. The number of fused-ring (bicyclic) bond motifs is 1. The van der Waals surface area contributed by atoms with Crippen molar-refractivity contribution in [2.75, 3.05) is 6.61 Å². The van der Waals surface area contributed by atoms with Crippen LogP contribution < -0.4 is 0 Å². The molecule has 1 aromatic rings. The third-order valence-electron chi connectivity index (χ3n) is 3.10. The molecule has 6 heteroatoms. The molecule has 1 heterocycles. The highest BCUT2D eigenvalue weighted by molar-refractivity contribution is 5.89. The number of esters is 1. The first-order valence-corrected chi connectivity index (χ1v) is 6.12. The Morgan fingerprint density at radius 1 is 1.50 bits per heavy atom. The van der Waals surface area contributed by atoms with Gasteiger partial charge in [0.15, 0.2) is 5.69 Å². The Morgan fingerprint density at radius 3 is 2.83 bits per heavy atom. The van der Waals surface area contributed by atoms with Crippen LogP contribution in [0.3, 0.4) is 0 Å². The first-order valence-electron chi connectivity index (χ1n) is 6.12. The van der Waals surface area contributed by atoms with E-state index in [2.05, 4.69) is 5.10 Å². The zero-order valence-electron chi connectivity index (χ0n) is 10.5. The molecule has 1 aromatic heterocycles. The molecule has 0 atom stereocenters. The molecule has 0 spiro atoms. The van der Waals surface area contributed by atoms with Crippen molar-refractivity contribution in [3.63, 3.8) is 0 Å². The lowest BCUT2D eigenvalue weighted by atomic mass is 9.92. The molecule has 0 radical (unpaired) electrons. The maximum Gasteiger partial charge on any atom is 0.359 e. The summed E-state index contributed by atoms with van der Waals surface area (Å²) in [6.45, 7) is 4.24. The maximum absolute atomic E-state index is 13.4. The van der Waals surface area contributed by atoms with Crippen molar-refractivity contribution in [3.05, 3.63) is 17.0 Å². The number of rotatable bonds is 3. The van der Waals surface area contributed by atoms with Crippen LogP contribution in [0.25, 0.3) is 0 Å². The average molecular weight is 258 g/mol. The number of hydrogen-bond acceptors (Lipinski definition) is 3. The van der Waals surface area contributed by atoms with E-state index in [1.54, 1.807) is 6.92 Å². The summed E-state index contributed by atoms with van der Waals surface area (Å²) in [5.74, 6) is -3.22. The lowest BCUT2D eigenvalue weighted by Gasteiger charge is -2.22. The molecule has 1 aliphatic carbocycles. The SMILES string of the molecule is CCOC(=O)c1nn(CC)c2c1CCC(F)(F)C2. The zero-order chi connectivity index (χ0) is 13.3. The van der Waals surface area contributed by atoms with Gasteiger partial charge in [0.05, 0.1) is 13.0 Å². The first-order chi connectivity index (χ1) is 8.48. The lowest BCUT2D eigenvalue weighted by Crippen LogP contribution is -2.27. The van der Waals surface area contributed by atoms with E-state index in [4.69, 9.17) is 4.74 Å². The van der Waals surface area contributed by atoms with E-state index >= 15 is 0 Å². The van der Waals surface area contributed by atoms with Gasteiger partial charge in [-0.3, -0.25) is 4.68 Å². The second-order valence-corrected chi connectivity index (χ2v) is 4.34. The number of halogens is 2. The highest BCUT2D eigenvalue weighted by Crippen LogP contribution is 2.34. The van der Waals surface area contributed by atoms with E-state index in [0.29, 0.717) is 17.8 Å². The number of aromatic nitrogens is 2. The number of carbonyl (C=O) groups is 1. The monoisotopic (exact) mass is 258 g/mol. The van der Waals surface area contributed by atoms with Crippen LogP contribution in [0.4, 0.5) is 8.78 Å². The highest BCUT2D eigenvalue weighted by Gasteiger charge is 2.39. The maximum atomic E-state index is 13.4. The van der Waals surface area contributed by atoms with Crippen molar-refractivity contribution < 1.29 is 18.3 Å². The minimum atomic E-state index is -2.70. The molecule has 0 N–H and O–H groups in total. The number of ether oxygens (including phenoxy) is 1. The van der Waals surface area contributed by atoms with Crippen LogP contribution in [0, 0.1) is 0 Å². The van der Waals surface area contributed by atoms with Crippen LogP contribution in [0.2, 0.25) is 0 Å². The summed E-state index contributed by atoms with van der Waals surface area (Å²) < 4.78 is 33.2. The predicted octanol–water partition coefficient (Wildman–Crippen LogP) is 2.20. The van der Waals surface area contributed by atoms with Gasteiger partial charge in [-0.05, 0) is 20.3 Å². The third kappa shape index (κ3) is 2.23.